The number of fused-ring (bicyclic) bond motifs is 5. The summed E-state index contributed by atoms with van der Waals surface area (Å²) in [7, 11) is 0. The fourth-order valence-corrected chi connectivity index (χ4v) is 6.16. The maximum atomic E-state index is 6.52. The number of rotatable bonds is 3. The Morgan fingerprint density at radius 3 is 1.56 bits per heavy atom. The smallest absolute Gasteiger partial charge is 0.143 e. The first-order valence-corrected chi connectivity index (χ1v) is 13.4. The summed E-state index contributed by atoms with van der Waals surface area (Å²) in [5.74, 6) is 0. The molecule has 0 aliphatic rings. The summed E-state index contributed by atoms with van der Waals surface area (Å²) in [6, 6.07) is 52.0. The quantitative estimate of drug-likeness (QED) is 0.222. The Bertz CT molecular complexity index is 2110. The fraction of sp³-hybridized carbons (Fsp3) is 0. The van der Waals surface area contributed by atoms with E-state index in [4.69, 9.17) is 4.42 Å². The number of para-hydroxylation sites is 2. The van der Waals surface area contributed by atoms with Crippen molar-refractivity contribution in [3.8, 4) is 33.4 Å². The third-order valence-electron chi connectivity index (χ3n) is 7.86. The van der Waals surface area contributed by atoms with Crippen molar-refractivity contribution in [3.63, 3.8) is 0 Å². The molecule has 8 aromatic rings. The van der Waals surface area contributed by atoms with Gasteiger partial charge in [-0.3, -0.25) is 0 Å². The van der Waals surface area contributed by atoms with Crippen LogP contribution >= 0.6 is 0 Å². The zero-order valence-corrected chi connectivity index (χ0v) is 21.3. The molecule has 1 nitrogen and oxygen atoms in total. The van der Waals surface area contributed by atoms with E-state index in [1.807, 2.05) is 6.07 Å². The van der Waals surface area contributed by atoms with E-state index >= 15 is 0 Å². The standard InChI is InChI=1S/C38H24O/c1-2-12-25(13-3-1)26-14-10-15-27(24-26)36-29-17-4-6-19-31(29)37(32-20-7-5-18-30(32)36)34-22-11-21-33-28-16-8-9-23-35(28)39-38(33)34/h1-24H. The molecule has 0 radical (unpaired) electrons. The molecular formula is C38H24O. The summed E-state index contributed by atoms with van der Waals surface area (Å²) in [4.78, 5) is 0. The summed E-state index contributed by atoms with van der Waals surface area (Å²) >= 11 is 0. The van der Waals surface area contributed by atoms with Crippen molar-refractivity contribution in [1.82, 2.24) is 0 Å². The van der Waals surface area contributed by atoms with E-state index in [-0.39, 0.29) is 0 Å². The number of hydrogen-bond donors (Lipinski definition) is 0. The highest BCUT2D eigenvalue weighted by atomic mass is 16.3. The van der Waals surface area contributed by atoms with Crippen LogP contribution in [-0.2, 0) is 0 Å². The Labute approximate surface area is 226 Å². The van der Waals surface area contributed by atoms with Crippen LogP contribution in [0.1, 0.15) is 0 Å². The van der Waals surface area contributed by atoms with Crippen LogP contribution in [0.3, 0.4) is 0 Å². The van der Waals surface area contributed by atoms with Crippen LogP contribution in [0, 0.1) is 0 Å². The average molecular weight is 497 g/mol. The van der Waals surface area contributed by atoms with Crippen molar-refractivity contribution in [2.75, 3.05) is 0 Å². The Hall–Kier alpha value is -5.14. The lowest BCUT2D eigenvalue weighted by Crippen LogP contribution is -1.91. The predicted molar refractivity (Wildman–Crippen MR) is 165 cm³/mol. The third kappa shape index (κ3) is 3.41. The Balaban J connectivity index is 1.48. The van der Waals surface area contributed by atoms with Gasteiger partial charge in [-0.1, -0.05) is 133 Å². The first-order valence-electron chi connectivity index (χ1n) is 13.4. The van der Waals surface area contributed by atoms with Crippen LogP contribution < -0.4 is 0 Å². The van der Waals surface area contributed by atoms with Gasteiger partial charge < -0.3 is 4.42 Å². The lowest BCUT2D eigenvalue weighted by Gasteiger charge is -2.18. The minimum atomic E-state index is 0.919. The van der Waals surface area contributed by atoms with E-state index in [1.165, 1.54) is 49.4 Å². The minimum absolute atomic E-state index is 0.919. The lowest BCUT2D eigenvalue weighted by molar-refractivity contribution is 0.670. The van der Waals surface area contributed by atoms with Crippen LogP contribution in [0.2, 0.25) is 0 Å². The Morgan fingerprint density at radius 1 is 0.333 bits per heavy atom. The number of benzene rings is 7. The van der Waals surface area contributed by atoms with Gasteiger partial charge in [-0.25, -0.2) is 0 Å². The Morgan fingerprint density at radius 2 is 0.846 bits per heavy atom. The maximum absolute atomic E-state index is 6.52. The molecule has 0 aliphatic carbocycles. The first-order chi connectivity index (χ1) is 19.4. The van der Waals surface area contributed by atoms with Crippen molar-refractivity contribution < 1.29 is 4.42 Å². The fourth-order valence-electron chi connectivity index (χ4n) is 6.16. The molecule has 0 unspecified atom stereocenters. The van der Waals surface area contributed by atoms with Gasteiger partial charge in [-0.15, -0.1) is 0 Å². The number of hydrogen-bond acceptors (Lipinski definition) is 1. The highest BCUT2D eigenvalue weighted by molar-refractivity contribution is 6.24. The van der Waals surface area contributed by atoms with E-state index in [9.17, 15) is 0 Å². The molecular weight excluding hydrogens is 472 g/mol. The average Bonchev–Trinajstić information content (AvgIpc) is 3.39. The maximum Gasteiger partial charge on any atom is 0.143 e. The van der Waals surface area contributed by atoms with Crippen LogP contribution in [0.4, 0.5) is 0 Å². The molecule has 0 amide bonds. The van der Waals surface area contributed by atoms with Crippen LogP contribution in [0.15, 0.2) is 150 Å². The predicted octanol–water partition coefficient (Wildman–Crippen LogP) is 10.9. The summed E-state index contributed by atoms with van der Waals surface area (Å²) in [6.45, 7) is 0. The largest absolute Gasteiger partial charge is 0.455 e. The summed E-state index contributed by atoms with van der Waals surface area (Å²) in [6.07, 6.45) is 0. The zero-order chi connectivity index (χ0) is 25.8. The van der Waals surface area contributed by atoms with Gasteiger partial charge in [0.25, 0.3) is 0 Å². The second-order valence-electron chi connectivity index (χ2n) is 10.1. The molecule has 0 fully saturated rings. The molecule has 1 aromatic heterocycles. The first kappa shape index (κ1) is 21.9. The van der Waals surface area contributed by atoms with Gasteiger partial charge in [0.05, 0.1) is 0 Å². The molecule has 7 aromatic carbocycles. The minimum Gasteiger partial charge on any atom is -0.455 e. The van der Waals surface area contributed by atoms with E-state index < -0.39 is 0 Å². The lowest BCUT2D eigenvalue weighted by atomic mass is 9.85. The van der Waals surface area contributed by atoms with Gasteiger partial charge in [-0.2, -0.15) is 0 Å². The molecule has 0 spiro atoms. The van der Waals surface area contributed by atoms with E-state index in [2.05, 4.69) is 140 Å². The molecule has 0 saturated heterocycles. The Kier molecular flexibility index (Phi) is 4.89. The second-order valence-corrected chi connectivity index (χ2v) is 10.1. The van der Waals surface area contributed by atoms with Gasteiger partial charge in [0.1, 0.15) is 11.2 Å². The molecule has 0 aliphatic heterocycles. The van der Waals surface area contributed by atoms with Gasteiger partial charge >= 0.3 is 0 Å². The molecule has 8 rings (SSSR count). The van der Waals surface area contributed by atoms with Crippen LogP contribution in [0.25, 0.3) is 76.9 Å². The van der Waals surface area contributed by atoms with E-state index in [0.717, 1.165) is 27.5 Å². The summed E-state index contributed by atoms with van der Waals surface area (Å²) in [5.41, 5.74) is 9.13. The molecule has 0 N–H and O–H groups in total. The highest BCUT2D eigenvalue weighted by Gasteiger charge is 2.20. The van der Waals surface area contributed by atoms with Gasteiger partial charge in [0.15, 0.2) is 0 Å². The summed E-state index contributed by atoms with van der Waals surface area (Å²) < 4.78 is 6.52. The van der Waals surface area contributed by atoms with Gasteiger partial charge in [-0.05, 0) is 55.9 Å². The van der Waals surface area contributed by atoms with Crippen molar-refractivity contribution >= 4 is 43.5 Å². The topological polar surface area (TPSA) is 13.1 Å². The molecule has 0 atom stereocenters. The van der Waals surface area contributed by atoms with E-state index in [0.29, 0.717) is 0 Å². The molecule has 1 heteroatoms. The molecule has 0 bridgehead atoms. The second kappa shape index (κ2) is 8.72. The number of furan rings is 1. The molecule has 39 heavy (non-hydrogen) atoms. The zero-order valence-electron chi connectivity index (χ0n) is 21.3. The van der Waals surface area contributed by atoms with Crippen LogP contribution in [0.5, 0.6) is 0 Å². The van der Waals surface area contributed by atoms with Crippen molar-refractivity contribution in [2.45, 2.75) is 0 Å². The van der Waals surface area contributed by atoms with Crippen molar-refractivity contribution in [1.29, 1.82) is 0 Å². The van der Waals surface area contributed by atoms with Crippen molar-refractivity contribution in [2.24, 2.45) is 0 Å². The van der Waals surface area contributed by atoms with Gasteiger partial charge in [0.2, 0.25) is 0 Å². The summed E-state index contributed by atoms with van der Waals surface area (Å²) in [5, 5.41) is 7.23. The molecule has 1 heterocycles. The monoisotopic (exact) mass is 496 g/mol. The van der Waals surface area contributed by atoms with Crippen LogP contribution in [-0.4, -0.2) is 0 Å². The molecule has 182 valence electrons. The normalized spacial score (nSPS) is 11.6. The van der Waals surface area contributed by atoms with Gasteiger partial charge in [0, 0.05) is 21.9 Å². The van der Waals surface area contributed by atoms with Crippen molar-refractivity contribution in [3.05, 3.63) is 146 Å². The van der Waals surface area contributed by atoms with E-state index in [1.54, 1.807) is 0 Å². The molecule has 0 saturated carbocycles. The third-order valence-corrected chi connectivity index (χ3v) is 7.86. The highest BCUT2D eigenvalue weighted by Crippen LogP contribution is 2.46. The SMILES string of the molecule is c1ccc(-c2cccc(-c3c4ccccc4c(-c4cccc5c4oc4ccccc45)c4ccccc34)c2)cc1.